The molecule has 0 radical (unpaired) electrons. The number of halogens is 4. The number of para-hydroxylation sites is 3. The number of nitrogens with two attached hydrogens (primary N) is 6. The van der Waals surface area contributed by atoms with Gasteiger partial charge in [-0.2, -0.15) is 29.9 Å². The maximum Gasteiger partial charge on any atom is 0.402 e. The molecule has 3 fully saturated rings. The van der Waals surface area contributed by atoms with Crippen molar-refractivity contribution < 1.29 is 65.4 Å². The van der Waals surface area contributed by atoms with Crippen LogP contribution in [-0.4, -0.2) is 177 Å². The zero-order valence-corrected chi connectivity index (χ0v) is 70.1. The molecule has 3 saturated carbocycles. The smallest absolute Gasteiger partial charge is 0.402 e. The molecule has 18 N–H and O–H groups in total. The minimum Gasteiger partial charge on any atom is -0.468 e. The number of aromatic nitrogens is 12. The SMILES string of the molecule is CC(C)N.CC(C)N.CC(C)N.COC(=O)[C@@H](C)NP(=O)(COCCn1cnc2c(NC3CC3)nc(N)nc21)Oc1ccccc1.COC(=O)[C@H](C)NP(=O)(COCCn1cnc2c(NC3CC3)nc(N)nc21)Oc1ccccc1.Cl.Cl.Cl.Cl.Nc1nc(NC2CC2)c2ncn(CCOCP(=O)(O)Oc3ccccc3)c2n1. The largest absolute Gasteiger partial charge is 0.468 e. The lowest BCUT2D eigenvalue weighted by Gasteiger charge is -2.23. The number of ether oxygens (including phenoxy) is 5. The zero-order valence-electron chi connectivity index (χ0n) is 64.2. The van der Waals surface area contributed by atoms with E-state index in [0.717, 1.165) is 38.5 Å². The van der Waals surface area contributed by atoms with Gasteiger partial charge >= 0.3 is 34.6 Å². The quantitative estimate of drug-likeness (QED) is 0.0103. The number of nitrogens with one attached hydrogen (secondary N) is 5. The van der Waals surface area contributed by atoms with Crippen LogP contribution in [0.2, 0.25) is 0 Å². The van der Waals surface area contributed by atoms with Gasteiger partial charge in [-0.3, -0.25) is 18.7 Å². The van der Waals surface area contributed by atoms with Crippen LogP contribution in [0.25, 0.3) is 33.5 Å². The summed E-state index contributed by atoms with van der Waals surface area (Å²) in [5.41, 5.74) is 36.6. The number of benzene rings is 3. The van der Waals surface area contributed by atoms with E-state index in [1.165, 1.54) is 14.2 Å². The Balaban J connectivity index is 0.000000399. The minimum atomic E-state index is -3.90. The topological polar surface area (TPSA) is 526 Å². The number of carbonyl (C=O) groups excluding carboxylic acids is 2. The summed E-state index contributed by atoms with van der Waals surface area (Å²) < 4.78 is 87.0. The fourth-order valence-corrected chi connectivity index (χ4v) is 13.5. The van der Waals surface area contributed by atoms with Crippen molar-refractivity contribution in [3.05, 3.63) is 110 Å². The number of methoxy groups -OCH3 is 2. The summed E-state index contributed by atoms with van der Waals surface area (Å²) in [6, 6.07) is 26.3. The molecular weight excluding hydrogens is 1600 g/mol. The number of nitrogen functional groups attached to an aromatic ring is 3. The lowest BCUT2D eigenvalue weighted by molar-refractivity contribution is -0.143. The highest BCUT2D eigenvalue weighted by Gasteiger charge is 2.33. The van der Waals surface area contributed by atoms with Gasteiger partial charge in [0.15, 0.2) is 57.3 Å². The van der Waals surface area contributed by atoms with E-state index in [-0.39, 0.29) is 100.0 Å². The van der Waals surface area contributed by atoms with Crippen LogP contribution in [0.3, 0.4) is 0 Å². The lowest BCUT2D eigenvalue weighted by Crippen LogP contribution is -2.35. The monoisotopic (exact) mass is 1700 g/mol. The average Bonchev–Trinajstić information content (AvgIpc) is 1.67. The number of esters is 2. The van der Waals surface area contributed by atoms with Crippen LogP contribution in [0.1, 0.15) is 93.9 Å². The molecule has 6 heterocycles. The van der Waals surface area contributed by atoms with Gasteiger partial charge < -0.3 is 106 Å². The van der Waals surface area contributed by atoms with Gasteiger partial charge in [0.25, 0.3) is 0 Å². The second-order valence-corrected chi connectivity index (χ2v) is 32.0. The Morgan fingerprint density at radius 1 is 0.446 bits per heavy atom. The predicted octanol–water partition coefficient (Wildman–Crippen LogP) is 9.73. The first kappa shape index (κ1) is 98.1. The summed E-state index contributed by atoms with van der Waals surface area (Å²) in [5.74, 6) is 2.31. The second kappa shape index (κ2) is 48.2. The molecule has 622 valence electrons. The number of fused-ring (bicyclic) bond motifs is 3. The Morgan fingerprint density at radius 3 is 0.964 bits per heavy atom. The number of hydrogen-bond donors (Lipinski definition) is 12. The molecule has 37 nitrogen and oxygen atoms in total. The number of anilines is 6. The summed E-state index contributed by atoms with van der Waals surface area (Å²) in [4.78, 5) is 72.4. The Hall–Kier alpha value is -8.06. The summed E-state index contributed by atoms with van der Waals surface area (Å²) in [6.07, 6.45) is 10.5. The molecule has 44 heteroatoms. The summed E-state index contributed by atoms with van der Waals surface area (Å²) in [6.45, 7) is 16.5. The molecule has 3 aliphatic carbocycles. The van der Waals surface area contributed by atoms with Crippen molar-refractivity contribution in [3.63, 3.8) is 0 Å². The van der Waals surface area contributed by atoms with Gasteiger partial charge in [0.05, 0.1) is 53.0 Å². The first-order valence-corrected chi connectivity index (χ1v) is 40.5. The molecule has 6 aromatic heterocycles. The van der Waals surface area contributed by atoms with Crippen molar-refractivity contribution in [2.45, 2.75) is 162 Å². The average molecular weight is 1710 g/mol. The number of imidazole rings is 3. The molecule has 12 rings (SSSR count). The fraction of sp³-hybridized carbons (Fsp3) is 0.485. The summed E-state index contributed by atoms with van der Waals surface area (Å²) in [5, 5.41) is 15.4. The van der Waals surface area contributed by atoms with Crippen LogP contribution in [0.15, 0.2) is 110 Å². The number of carbonyl (C=O) groups is 2. The number of rotatable bonds is 33. The zero-order chi connectivity index (χ0) is 78.6. The third-order valence-electron chi connectivity index (χ3n) is 14.3. The van der Waals surface area contributed by atoms with Crippen LogP contribution < -0.4 is 74.1 Å². The van der Waals surface area contributed by atoms with E-state index in [9.17, 15) is 28.2 Å². The third-order valence-corrected chi connectivity index (χ3v) is 18.9. The molecular formula is C68H108Cl4N23O14P3. The first-order valence-electron chi connectivity index (χ1n) is 35.1. The Morgan fingerprint density at radius 2 is 0.705 bits per heavy atom. The first-order chi connectivity index (χ1) is 51.4. The molecule has 9 aromatic rings. The molecule has 112 heavy (non-hydrogen) atoms. The van der Waals surface area contributed by atoms with Gasteiger partial charge in [-0.25, -0.2) is 29.7 Å². The lowest BCUT2D eigenvalue weighted by atomic mass is 10.3. The standard InChI is InChI=1S/2C21H28N7O5P.C17H21N6O4P.3C3H9N.4ClH/c2*1-14(20(29)31-2)27-34(30,33-16-6-4-3-5-7-16)13-32-11-10-28-12-23-17-18(24-15-8-9-15)25-21(22)26-19(17)28;18-17-21-15(20-12-6-7-12)14-16(22-17)23(10-19-14)8-9-26-11-28(24,25)27-13-4-2-1-3-5-13;3*1-3(2)4;;;;/h2*3-7,12,14-15H,8-11,13H2,1-2H3,(H,27,30)(H3,22,24,25,26);1-5,10,12H,6-9,11H2,(H,24,25)(H3,18,20,21,22);3*3H,4H2,1-2H3;4*1H/t2*14-,34?;;;;;;;;/m10......../s1. The molecule has 3 aromatic carbocycles. The molecule has 0 saturated heterocycles. The summed E-state index contributed by atoms with van der Waals surface area (Å²) in [7, 11) is -8.57. The number of hydrogen-bond acceptors (Lipinski definition) is 31. The van der Waals surface area contributed by atoms with Crippen molar-refractivity contribution in [1.82, 2.24) is 68.7 Å². The minimum absolute atomic E-state index is 0. The van der Waals surface area contributed by atoms with Crippen molar-refractivity contribution in [1.29, 1.82) is 0 Å². The fourth-order valence-electron chi connectivity index (χ4n) is 9.18. The Bertz CT molecular complexity index is 4220. The van der Waals surface area contributed by atoms with Crippen molar-refractivity contribution >= 4 is 153 Å². The highest BCUT2D eigenvalue weighted by molar-refractivity contribution is 7.57. The molecule has 0 spiro atoms. The molecule has 0 bridgehead atoms. The van der Waals surface area contributed by atoms with Gasteiger partial charge in [0.2, 0.25) is 17.8 Å². The van der Waals surface area contributed by atoms with Gasteiger partial charge in [0, 0.05) is 37.8 Å². The summed E-state index contributed by atoms with van der Waals surface area (Å²) >= 11 is 0. The third kappa shape index (κ3) is 34.7. The van der Waals surface area contributed by atoms with E-state index in [0.29, 0.717) is 124 Å². The van der Waals surface area contributed by atoms with E-state index < -0.39 is 53.0 Å². The normalized spacial score (nSPS) is 14.7. The van der Waals surface area contributed by atoms with Gasteiger partial charge in [0.1, 0.15) is 42.0 Å². The van der Waals surface area contributed by atoms with Gasteiger partial charge in [-0.05, 0) is 107 Å². The second-order valence-electron chi connectivity index (χ2n) is 26.2. The van der Waals surface area contributed by atoms with Gasteiger partial charge in [-0.15, -0.1) is 49.6 Å². The highest BCUT2D eigenvalue weighted by atomic mass is 35.5. The van der Waals surface area contributed by atoms with Crippen LogP contribution in [-0.2, 0) is 66.6 Å². The maximum absolute atomic E-state index is 13.5. The van der Waals surface area contributed by atoms with E-state index in [4.69, 9.17) is 71.7 Å². The van der Waals surface area contributed by atoms with Gasteiger partial charge in [-0.1, -0.05) is 96.1 Å². The molecule has 3 aliphatic rings. The van der Waals surface area contributed by atoms with Crippen LogP contribution in [0, 0.1) is 0 Å². The highest BCUT2D eigenvalue weighted by Crippen LogP contribution is 2.46. The van der Waals surface area contributed by atoms with Crippen LogP contribution in [0.4, 0.5) is 35.3 Å². The van der Waals surface area contributed by atoms with Crippen molar-refractivity contribution in [3.8, 4) is 17.2 Å². The van der Waals surface area contributed by atoms with E-state index in [2.05, 4.69) is 71.0 Å². The van der Waals surface area contributed by atoms with Crippen LogP contribution in [0.5, 0.6) is 17.2 Å². The van der Waals surface area contributed by atoms with Crippen LogP contribution >= 0.6 is 72.3 Å². The van der Waals surface area contributed by atoms with E-state index in [1.807, 2.05) is 53.7 Å². The van der Waals surface area contributed by atoms with Crippen molar-refractivity contribution in [2.75, 3.05) is 86.2 Å². The van der Waals surface area contributed by atoms with Crippen molar-refractivity contribution in [2.24, 2.45) is 17.2 Å². The maximum atomic E-state index is 13.5. The molecule has 0 aliphatic heterocycles. The number of nitrogens with zero attached hydrogens (tertiary/aromatic N) is 12. The predicted molar refractivity (Wildman–Crippen MR) is 444 cm³/mol. The molecule has 5 atom stereocenters. The molecule has 3 unspecified atom stereocenters. The Labute approximate surface area is 676 Å². The van der Waals surface area contributed by atoms with E-state index in [1.54, 1.807) is 125 Å². The Kier molecular flexibility index (Phi) is 42.3. The van der Waals surface area contributed by atoms with E-state index >= 15 is 0 Å². The molecule has 0 amide bonds.